The van der Waals surface area contributed by atoms with Crippen molar-refractivity contribution in [1.29, 1.82) is 0 Å². The number of carbonyl (C=O) groups is 2. The van der Waals surface area contributed by atoms with Crippen LogP contribution in [0.4, 0.5) is 5.69 Å². The summed E-state index contributed by atoms with van der Waals surface area (Å²) in [4.78, 5) is 26.6. The molecule has 0 radical (unpaired) electrons. The fourth-order valence-electron chi connectivity index (χ4n) is 4.98. The molecule has 1 aromatic rings. The third kappa shape index (κ3) is 6.75. The van der Waals surface area contributed by atoms with Gasteiger partial charge in [0.15, 0.2) is 0 Å². The van der Waals surface area contributed by atoms with Gasteiger partial charge in [0.05, 0.1) is 18.8 Å². The second kappa shape index (κ2) is 11.6. The first-order valence-electron chi connectivity index (χ1n) is 12.2. The molecule has 0 spiro atoms. The fourth-order valence-corrected chi connectivity index (χ4v) is 4.98. The maximum Gasteiger partial charge on any atom is 0.335 e. The number of anilines is 1. The fraction of sp³-hybridized carbons (Fsp3) is 0.500. The minimum Gasteiger partial charge on any atom is -0.493 e. The highest BCUT2D eigenvalue weighted by atomic mass is 16.5. The van der Waals surface area contributed by atoms with E-state index in [1.54, 1.807) is 18.2 Å². The third-order valence-electron chi connectivity index (χ3n) is 7.31. The van der Waals surface area contributed by atoms with Crippen molar-refractivity contribution in [2.75, 3.05) is 51.3 Å². The first-order valence-corrected chi connectivity index (χ1v) is 12.2. The van der Waals surface area contributed by atoms with E-state index >= 15 is 0 Å². The van der Waals surface area contributed by atoms with Crippen LogP contribution in [0.3, 0.4) is 0 Å². The summed E-state index contributed by atoms with van der Waals surface area (Å²) in [7, 11) is 1.99. The minimum absolute atomic E-state index is 0.0642. The quantitative estimate of drug-likeness (QED) is 0.465. The molecule has 0 aromatic heterocycles. The summed E-state index contributed by atoms with van der Waals surface area (Å²) >= 11 is 0. The van der Waals surface area contributed by atoms with Crippen molar-refractivity contribution in [2.45, 2.75) is 33.1 Å². The Labute approximate surface area is 208 Å². The number of hydrogen-bond acceptors (Lipinski definition) is 6. The Kier molecular flexibility index (Phi) is 8.78. The van der Waals surface area contributed by atoms with E-state index < -0.39 is 5.97 Å². The van der Waals surface area contributed by atoms with Crippen molar-refractivity contribution < 1.29 is 24.2 Å². The van der Waals surface area contributed by atoms with Gasteiger partial charge in [-0.3, -0.25) is 9.69 Å². The molecule has 1 fully saturated rings. The van der Waals surface area contributed by atoms with Crippen molar-refractivity contribution in [2.24, 2.45) is 10.8 Å². The number of carboxylic acid groups (broad SMARTS) is 1. The highest BCUT2D eigenvalue weighted by molar-refractivity contribution is 5.88. The summed E-state index contributed by atoms with van der Waals surface area (Å²) < 4.78 is 11.1. The first kappa shape index (κ1) is 26.5. The summed E-state index contributed by atoms with van der Waals surface area (Å²) in [6.07, 6.45) is 8.99. The smallest absolute Gasteiger partial charge is 0.335 e. The van der Waals surface area contributed by atoms with Crippen LogP contribution in [0.15, 0.2) is 60.4 Å². The predicted octanol–water partition coefficient (Wildman–Crippen LogP) is 4.52. The van der Waals surface area contributed by atoms with E-state index in [-0.39, 0.29) is 16.4 Å². The van der Waals surface area contributed by atoms with Crippen LogP contribution in [-0.2, 0) is 14.3 Å². The first-order chi connectivity index (χ1) is 16.7. The highest BCUT2D eigenvalue weighted by Gasteiger charge is 2.36. The molecule has 0 bridgehead atoms. The number of aromatic carboxylic acids is 1. The van der Waals surface area contributed by atoms with E-state index in [1.165, 1.54) is 5.57 Å². The molecule has 3 rings (SSSR count). The number of rotatable bonds is 11. The van der Waals surface area contributed by atoms with Gasteiger partial charge in [0.2, 0.25) is 0 Å². The van der Waals surface area contributed by atoms with Crippen LogP contribution in [-0.4, -0.2) is 68.9 Å². The van der Waals surface area contributed by atoms with Crippen molar-refractivity contribution in [3.63, 3.8) is 0 Å². The Bertz CT molecular complexity index is 956. The van der Waals surface area contributed by atoms with Gasteiger partial charge in [-0.05, 0) is 73.7 Å². The van der Waals surface area contributed by atoms with Gasteiger partial charge in [0.25, 0.3) is 6.47 Å². The Hall–Kier alpha value is -3.06. The molecule has 1 N–H and O–H groups in total. The molecule has 0 saturated carbocycles. The van der Waals surface area contributed by atoms with Crippen molar-refractivity contribution >= 4 is 18.1 Å². The molecule has 1 saturated heterocycles. The van der Waals surface area contributed by atoms with E-state index in [2.05, 4.69) is 42.4 Å². The zero-order valence-electron chi connectivity index (χ0n) is 21.2. The topological polar surface area (TPSA) is 79.3 Å². The van der Waals surface area contributed by atoms with Crippen LogP contribution in [0.1, 0.15) is 43.5 Å². The molecule has 0 atom stereocenters. The predicted molar refractivity (Wildman–Crippen MR) is 138 cm³/mol. The van der Waals surface area contributed by atoms with Crippen LogP contribution in [0.2, 0.25) is 0 Å². The standard InChI is InChI=1S/C28H38N2O5/c1-5-25-24(27(2,3)14-18-35-25)7-6-15-30-16-12-28(13-17-30,20-34-21-31)19-29(4)23-10-8-22(9-11-23)26(32)33/h5-11,21H,1,12-20H2,2-4H3,(H,32,33)/b7-6+. The van der Waals surface area contributed by atoms with Gasteiger partial charge in [0, 0.05) is 31.2 Å². The molecule has 2 heterocycles. The van der Waals surface area contributed by atoms with E-state index in [1.807, 2.05) is 19.2 Å². The molecule has 1 aromatic carbocycles. The maximum atomic E-state index is 11.1. The van der Waals surface area contributed by atoms with Crippen LogP contribution in [0.25, 0.3) is 0 Å². The summed E-state index contributed by atoms with van der Waals surface area (Å²) in [5.74, 6) is -0.0614. The van der Waals surface area contributed by atoms with Crippen LogP contribution in [0, 0.1) is 10.8 Å². The zero-order valence-corrected chi connectivity index (χ0v) is 21.2. The number of ether oxygens (including phenoxy) is 2. The number of piperidine rings is 1. The van der Waals surface area contributed by atoms with Gasteiger partial charge in [-0.1, -0.05) is 32.6 Å². The number of carboxylic acids is 1. The lowest BCUT2D eigenvalue weighted by molar-refractivity contribution is -0.133. The van der Waals surface area contributed by atoms with E-state index in [4.69, 9.17) is 14.6 Å². The Morgan fingerprint density at radius 3 is 2.51 bits per heavy atom. The molecule has 7 heteroatoms. The lowest BCUT2D eigenvalue weighted by atomic mass is 9.78. The Morgan fingerprint density at radius 1 is 1.23 bits per heavy atom. The van der Waals surface area contributed by atoms with Crippen LogP contribution in [0.5, 0.6) is 0 Å². The number of likely N-dealkylation sites (tertiary alicyclic amines) is 1. The molecule has 2 aliphatic heterocycles. The molecule has 7 nitrogen and oxygen atoms in total. The summed E-state index contributed by atoms with van der Waals surface area (Å²) in [6.45, 7) is 13.4. The molecule has 0 unspecified atom stereocenters. The zero-order chi connectivity index (χ0) is 25.5. The van der Waals surface area contributed by atoms with E-state index in [0.717, 1.165) is 63.5 Å². The van der Waals surface area contributed by atoms with Gasteiger partial charge in [-0.15, -0.1) is 0 Å². The Balaban J connectivity index is 1.62. The third-order valence-corrected chi connectivity index (χ3v) is 7.31. The lowest BCUT2D eigenvalue weighted by Crippen LogP contribution is -2.48. The number of nitrogens with zero attached hydrogens (tertiary/aromatic N) is 2. The van der Waals surface area contributed by atoms with Gasteiger partial charge in [-0.2, -0.15) is 0 Å². The lowest BCUT2D eigenvalue weighted by Gasteiger charge is -2.43. The summed E-state index contributed by atoms with van der Waals surface area (Å²) in [5, 5.41) is 9.14. The average molecular weight is 483 g/mol. The monoisotopic (exact) mass is 482 g/mol. The maximum absolute atomic E-state index is 11.1. The second-order valence-corrected chi connectivity index (χ2v) is 10.3. The van der Waals surface area contributed by atoms with Gasteiger partial charge < -0.3 is 19.5 Å². The number of benzene rings is 1. The minimum atomic E-state index is -0.937. The number of carbonyl (C=O) groups excluding carboxylic acids is 1. The molecule has 0 aliphatic carbocycles. The second-order valence-electron chi connectivity index (χ2n) is 10.3. The molecular formula is C28H38N2O5. The largest absolute Gasteiger partial charge is 0.493 e. The number of allylic oxidation sites excluding steroid dienone is 3. The van der Waals surface area contributed by atoms with Crippen molar-refractivity contribution in [1.82, 2.24) is 4.90 Å². The van der Waals surface area contributed by atoms with Gasteiger partial charge >= 0.3 is 5.97 Å². The van der Waals surface area contributed by atoms with Crippen molar-refractivity contribution in [3.05, 3.63) is 66.0 Å². The normalized spacial score (nSPS) is 19.7. The van der Waals surface area contributed by atoms with Gasteiger partial charge in [-0.25, -0.2) is 4.79 Å². The van der Waals surface area contributed by atoms with E-state index in [9.17, 15) is 9.59 Å². The summed E-state index contributed by atoms with van der Waals surface area (Å²) in [5.41, 5.74) is 2.31. The van der Waals surface area contributed by atoms with Crippen LogP contribution >= 0.6 is 0 Å². The van der Waals surface area contributed by atoms with Crippen LogP contribution < -0.4 is 4.90 Å². The van der Waals surface area contributed by atoms with Crippen molar-refractivity contribution in [3.8, 4) is 0 Å². The van der Waals surface area contributed by atoms with Gasteiger partial charge in [0.1, 0.15) is 5.76 Å². The highest BCUT2D eigenvalue weighted by Crippen LogP contribution is 2.38. The molecular weight excluding hydrogens is 444 g/mol. The molecule has 35 heavy (non-hydrogen) atoms. The average Bonchev–Trinajstić information content (AvgIpc) is 2.84. The number of hydrogen-bond donors (Lipinski definition) is 1. The molecule has 0 amide bonds. The SMILES string of the molecule is C=CC1=C(/C=C/CN2CCC(COC=O)(CN(C)c3ccc(C(=O)O)cc3)CC2)C(C)(C)CCO1. The summed E-state index contributed by atoms with van der Waals surface area (Å²) in [6, 6.07) is 6.87. The Morgan fingerprint density at radius 2 is 1.91 bits per heavy atom. The van der Waals surface area contributed by atoms with E-state index in [0.29, 0.717) is 13.1 Å². The molecule has 2 aliphatic rings. The molecule has 190 valence electrons.